The fraction of sp³-hybridized carbons (Fsp3) is 0.458. The molecule has 2 aliphatic rings. The summed E-state index contributed by atoms with van der Waals surface area (Å²) >= 11 is 0. The van der Waals surface area contributed by atoms with E-state index in [0.717, 1.165) is 30.3 Å². The molecule has 0 radical (unpaired) electrons. The van der Waals surface area contributed by atoms with E-state index in [0.29, 0.717) is 17.6 Å². The molecule has 2 saturated heterocycles. The Morgan fingerprint density at radius 1 is 0.963 bits per heavy atom. The molecule has 27 heavy (non-hydrogen) atoms. The van der Waals surface area contributed by atoms with Crippen LogP contribution in [-0.2, 0) is 17.7 Å². The molecule has 4 rings (SSSR count). The maximum absolute atomic E-state index is 12.4. The molecule has 2 aliphatic heterocycles. The van der Waals surface area contributed by atoms with Gasteiger partial charge in [0.1, 0.15) is 12.6 Å². The number of hydrogen-bond donors (Lipinski definition) is 0. The molecule has 0 aliphatic carbocycles. The van der Waals surface area contributed by atoms with Crippen LogP contribution in [0, 0.1) is 0 Å². The van der Waals surface area contributed by atoms with Crippen LogP contribution in [0.1, 0.15) is 54.1 Å². The lowest BCUT2D eigenvalue weighted by atomic mass is 9.95. The van der Waals surface area contributed by atoms with Crippen LogP contribution in [0.15, 0.2) is 54.6 Å². The molecule has 2 aromatic carbocycles. The summed E-state index contributed by atoms with van der Waals surface area (Å²) in [5.74, 6) is -0.175. The van der Waals surface area contributed by atoms with E-state index in [2.05, 4.69) is 38.2 Å². The second-order valence-electron chi connectivity index (χ2n) is 8.42. The summed E-state index contributed by atoms with van der Waals surface area (Å²) in [6.07, 6.45) is 5.61. The van der Waals surface area contributed by atoms with Crippen LogP contribution in [0.2, 0.25) is 0 Å². The Balaban J connectivity index is 1.42. The molecular formula is C24H30NO2+. The minimum atomic E-state index is -0.175. The van der Waals surface area contributed by atoms with Crippen molar-refractivity contribution in [3.05, 3.63) is 71.3 Å². The molecule has 0 aromatic heterocycles. The van der Waals surface area contributed by atoms with Gasteiger partial charge < -0.3 is 9.22 Å². The van der Waals surface area contributed by atoms with Crippen LogP contribution >= 0.6 is 0 Å². The molecule has 3 nitrogen and oxygen atoms in total. The van der Waals surface area contributed by atoms with Crippen LogP contribution in [-0.4, -0.2) is 35.7 Å². The zero-order valence-electron chi connectivity index (χ0n) is 16.4. The van der Waals surface area contributed by atoms with Gasteiger partial charge in [-0.2, -0.15) is 0 Å². The number of piperidine rings is 1. The van der Waals surface area contributed by atoms with E-state index in [9.17, 15) is 4.79 Å². The van der Waals surface area contributed by atoms with Crippen molar-refractivity contribution in [3.63, 3.8) is 0 Å². The number of carbonyl (C=O) groups is 1. The minimum absolute atomic E-state index is 0.0591. The molecule has 0 amide bonds. The van der Waals surface area contributed by atoms with E-state index >= 15 is 0 Å². The maximum Gasteiger partial charge on any atom is 0.338 e. The zero-order valence-corrected chi connectivity index (χ0v) is 16.4. The lowest BCUT2D eigenvalue weighted by Gasteiger charge is -2.47. The van der Waals surface area contributed by atoms with Gasteiger partial charge >= 0.3 is 5.97 Å². The molecule has 2 fully saturated rings. The van der Waals surface area contributed by atoms with Gasteiger partial charge in [-0.3, -0.25) is 0 Å². The second kappa shape index (κ2) is 7.47. The number of esters is 1. The van der Waals surface area contributed by atoms with Crippen molar-refractivity contribution in [2.75, 3.05) is 7.05 Å². The largest absolute Gasteiger partial charge is 0.458 e. The van der Waals surface area contributed by atoms with Gasteiger partial charge in [0.15, 0.2) is 0 Å². The van der Waals surface area contributed by atoms with Crippen molar-refractivity contribution < 1.29 is 14.0 Å². The Bertz CT molecular complexity index is 770. The number of rotatable bonds is 5. The second-order valence-corrected chi connectivity index (χ2v) is 8.42. The van der Waals surface area contributed by atoms with Crippen molar-refractivity contribution >= 4 is 5.97 Å². The number of aryl methyl sites for hydroxylation is 1. The molecule has 2 atom stereocenters. The van der Waals surface area contributed by atoms with Gasteiger partial charge in [0.25, 0.3) is 0 Å². The SMILES string of the molecule is CCc1ccc(C[N+]2(C)C3CCC2CC(OC(=O)c2ccccc2)C3)cc1. The molecule has 2 heterocycles. The van der Waals surface area contributed by atoms with Crippen LogP contribution in [0.25, 0.3) is 0 Å². The third-order valence-electron chi connectivity index (χ3n) is 6.81. The predicted octanol–water partition coefficient (Wildman–Crippen LogP) is 4.75. The van der Waals surface area contributed by atoms with Crippen molar-refractivity contribution in [3.8, 4) is 0 Å². The van der Waals surface area contributed by atoms with E-state index in [1.807, 2.05) is 30.3 Å². The molecule has 2 aromatic rings. The third-order valence-corrected chi connectivity index (χ3v) is 6.81. The van der Waals surface area contributed by atoms with E-state index in [-0.39, 0.29) is 12.1 Å². The molecule has 0 spiro atoms. The zero-order chi connectivity index (χ0) is 18.9. The van der Waals surface area contributed by atoms with Crippen molar-refractivity contribution in [2.24, 2.45) is 0 Å². The highest BCUT2D eigenvalue weighted by atomic mass is 16.5. The predicted molar refractivity (Wildman–Crippen MR) is 107 cm³/mol. The fourth-order valence-corrected chi connectivity index (χ4v) is 5.12. The Labute approximate surface area is 162 Å². The van der Waals surface area contributed by atoms with E-state index in [1.165, 1.54) is 24.0 Å². The summed E-state index contributed by atoms with van der Waals surface area (Å²) in [4.78, 5) is 12.4. The summed E-state index contributed by atoms with van der Waals surface area (Å²) in [6.45, 7) is 3.28. The first-order chi connectivity index (χ1) is 13.1. The highest BCUT2D eigenvalue weighted by molar-refractivity contribution is 5.89. The Morgan fingerprint density at radius 3 is 2.15 bits per heavy atom. The molecule has 142 valence electrons. The van der Waals surface area contributed by atoms with Crippen molar-refractivity contribution in [1.82, 2.24) is 0 Å². The van der Waals surface area contributed by atoms with Crippen LogP contribution in [0.5, 0.6) is 0 Å². The summed E-state index contributed by atoms with van der Waals surface area (Å²) in [5, 5.41) is 0. The van der Waals surface area contributed by atoms with Crippen molar-refractivity contribution in [2.45, 2.75) is 63.8 Å². The van der Waals surface area contributed by atoms with Gasteiger partial charge in [-0.15, -0.1) is 0 Å². The number of benzene rings is 2. The molecular weight excluding hydrogens is 334 g/mol. The first-order valence-corrected chi connectivity index (χ1v) is 10.3. The number of quaternary nitrogens is 1. The van der Waals surface area contributed by atoms with Gasteiger partial charge in [-0.05, 0) is 24.1 Å². The van der Waals surface area contributed by atoms with E-state index < -0.39 is 0 Å². The Kier molecular flexibility index (Phi) is 5.05. The minimum Gasteiger partial charge on any atom is -0.458 e. The number of hydrogen-bond acceptors (Lipinski definition) is 2. The van der Waals surface area contributed by atoms with Gasteiger partial charge in [0, 0.05) is 31.2 Å². The summed E-state index contributed by atoms with van der Waals surface area (Å²) < 4.78 is 6.99. The first-order valence-electron chi connectivity index (χ1n) is 10.3. The summed E-state index contributed by atoms with van der Waals surface area (Å²) in [6, 6.07) is 19.7. The fourth-order valence-electron chi connectivity index (χ4n) is 5.12. The van der Waals surface area contributed by atoms with Gasteiger partial charge in [-0.1, -0.05) is 49.4 Å². The molecule has 2 unspecified atom stereocenters. The normalized spacial score (nSPS) is 29.5. The average molecular weight is 365 g/mol. The molecule has 3 heteroatoms. The van der Waals surface area contributed by atoms with Crippen LogP contribution < -0.4 is 0 Å². The molecule has 2 bridgehead atoms. The van der Waals surface area contributed by atoms with E-state index in [4.69, 9.17) is 4.74 Å². The lowest BCUT2D eigenvalue weighted by Crippen LogP contribution is -2.58. The smallest absolute Gasteiger partial charge is 0.338 e. The van der Waals surface area contributed by atoms with Crippen LogP contribution in [0.4, 0.5) is 0 Å². The van der Waals surface area contributed by atoms with Crippen LogP contribution in [0.3, 0.4) is 0 Å². The highest BCUT2D eigenvalue weighted by Crippen LogP contribution is 2.43. The van der Waals surface area contributed by atoms with Gasteiger partial charge in [0.05, 0.1) is 24.7 Å². The summed E-state index contributed by atoms with van der Waals surface area (Å²) in [5.41, 5.74) is 3.48. The number of carbonyl (C=O) groups excluding carboxylic acids is 1. The highest BCUT2D eigenvalue weighted by Gasteiger charge is 2.52. The number of fused-ring (bicyclic) bond motifs is 2. The average Bonchev–Trinajstić information content (AvgIpc) is 2.86. The maximum atomic E-state index is 12.4. The monoisotopic (exact) mass is 364 g/mol. The standard InChI is InChI=1S/C24H30NO2/c1-3-18-9-11-19(12-10-18)17-25(2)21-13-14-22(25)16-23(15-21)27-24(26)20-7-5-4-6-8-20/h4-12,21-23H,3,13-17H2,1-2H3/q+1. The Hall–Kier alpha value is -2.13. The summed E-state index contributed by atoms with van der Waals surface area (Å²) in [7, 11) is 2.41. The first kappa shape index (κ1) is 18.2. The molecule has 0 N–H and O–H groups in total. The van der Waals surface area contributed by atoms with Gasteiger partial charge in [0.2, 0.25) is 0 Å². The topological polar surface area (TPSA) is 26.3 Å². The quantitative estimate of drug-likeness (QED) is 0.565. The van der Waals surface area contributed by atoms with E-state index in [1.54, 1.807) is 0 Å². The lowest BCUT2D eigenvalue weighted by molar-refractivity contribution is -0.961. The van der Waals surface area contributed by atoms with Gasteiger partial charge in [-0.25, -0.2) is 4.79 Å². The number of nitrogens with zero attached hydrogens (tertiary/aromatic N) is 1. The Morgan fingerprint density at radius 2 is 1.56 bits per heavy atom. The third kappa shape index (κ3) is 3.66. The number of ether oxygens (including phenoxy) is 1. The molecule has 0 saturated carbocycles. The van der Waals surface area contributed by atoms with Crippen molar-refractivity contribution in [1.29, 1.82) is 0 Å².